The van der Waals surface area contributed by atoms with Gasteiger partial charge >= 0.3 is 0 Å². The molecule has 4 aliphatic heterocycles. The maximum absolute atomic E-state index is 14.6. The molecule has 2 saturated heterocycles. The van der Waals surface area contributed by atoms with Gasteiger partial charge in [0.1, 0.15) is 11.6 Å². The average molecular weight is 536 g/mol. The molecule has 8 nitrogen and oxygen atoms in total. The Morgan fingerprint density at radius 3 is 2.33 bits per heavy atom. The van der Waals surface area contributed by atoms with Crippen LogP contribution in [0.4, 0.5) is 5.69 Å². The Bertz CT molecular complexity index is 1190. The SMILES string of the molecule is CCCN1CC=C[C@]2(C)O[C@]34C=CCN(c5c(C)cccc5C)C(=O)C3N(CCCCCO)C(=O)[C@@H]4[C@@H]2C1=O. The molecule has 0 aliphatic carbocycles. The Labute approximate surface area is 231 Å². The summed E-state index contributed by atoms with van der Waals surface area (Å²) in [5.74, 6) is -1.98. The molecule has 8 heteroatoms. The van der Waals surface area contributed by atoms with Crippen molar-refractivity contribution in [3.05, 3.63) is 53.6 Å². The topological polar surface area (TPSA) is 90.4 Å². The summed E-state index contributed by atoms with van der Waals surface area (Å²) in [4.78, 5) is 48.2. The number of ether oxygens (including phenoxy) is 1. The van der Waals surface area contributed by atoms with Crippen LogP contribution in [-0.2, 0) is 19.1 Å². The van der Waals surface area contributed by atoms with E-state index in [4.69, 9.17) is 4.74 Å². The third-order valence-corrected chi connectivity index (χ3v) is 8.90. The van der Waals surface area contributed by atoms with Crippen molar-refractivity contribution >= 4 is 23.4 Å². The number of rotatable bonds is 8. The number of carbonyl (C=O) groups excluding carboxylic acids is 3. The lowest BCUT2D eigenvalue weighted by Gasteiger charge is -2.38. The van der Waals surface area contributed by atoms with Crippen LogP contribution >= 0.6 is 0 Å². The maximum atomic E-state index is 14.6. The molecule has 2 fully saturated rings. The van der Waals surface area contributed by atoms with E-state index in [-0.39, 0.29) is 24.3 Å². The van der Waals surface area contributed by atoms with Gasteiger partial charge in [-0.1, -0.05) is 49.4 Å². The minimum atomic E-state index is -1.24. The van der Waals surface area contributed by atoms with E-state index in [1.165, 1.54) is 0 Å². The lowest BCUT2D eigenvalue weighted by molar-refractivity contribution is -0.148. The molecule has 1 unspecified atom stereocenters. The van der Waals surface area contributed by atoms with E-state index in [1.54, 1.807) is 9.80 Å². The standard InChI is InChI=1S/C31H41N3O5/c1-5-16-32-17-10-14-30(4)23(27(32)36)24-28(37)34(18-7-6-8-20-35)26-29(38)33(19-11-15-31(24,26)39-30)25-21(2)12-9-13-22(25)3/h9-15,23-24,26,35H,5-8,16-20H2,1-4H3/t23-,24+,26?,30+,31+/m1/s1. The first-order valence-corrected chi connectivity index (χ1v) is 14.3. The number of amides is 3. The largest absolute Gasteiger partial charge is 0.396 e. The number of aryl methyl sites for hydroxylation is 2. The number of benzene rings is 1. The third kappa shape index (κ3) is 4.32. The van der Waals surface area contributed by atoms with Crippen LogP contribution in [0.25, 0.3) is 0 Å². The first kappa shape index (κ1) is 27.6. The highest BCUT2D eigenvalue weighted by molar-refractivity contribution is 6.06. The van der Waals surface area contributed by atoms with Gasteiger partial charge in [-0.25, -0.2) is 0 Å². The minimum absolute atomic E-state index is 0.0860. The molecule has 1 N–H and O–H groups in total. The smallest absolute Gasteiger partial charge is 0.253 e. The summed E-state index contributed by atoms with van der Waals surface area (Å²) in [6.45, 7) is 9.81. The van der Waals surface area contributed by atoms with Gasteiger partial charge in [0.05, 0.1) is 17.4 Å². The van der Waals surface area contributed by atoms with Gasteiger partial charge in [0.2, 0.25) is 11.8 Å². The van der Waals surface area contributed by atoms with Gasteiger partial charge in [0.15, 0.2) is 0 Å². The molecular formula is C31H41N3O5. The van der Waals surface area contributed by atoms with E-state index in [0.717, 1.165) is 29.7 Å². The molecule has 3 amide bonds. The van der Waals surface area contributed by atoms with Crippen LogP contribution < -0.4 is 4.90 Å². The molecule has 4 aliphatic rings. The molecule has 1 aromatic carbocycles. The van der Waals surface area contributed by atoms with Crippen LogP contribution in [0.1, 0.15) is 50.7 Å². The summed E-state index contributed by atoms with van der Waals surface area (Å²) in [5, 5.41) is 9.28. The number of para-hydroxylation sites is 1. The van der Waals surface area contributed by atoms with Crippen molar-refractivity contribution in [3.8, 4) is 0 Å². The Kier molecular flexibility index (Phi) is 7.46. The number of carbonyl (C=O) groups is 3. The van der Waals surface area contributed by atoms with E-state index in [1.807, 2.05) is 75.1 Å². The van der Waals surface area contributed by atoms with Gasteiger partial charge in [-0.05, 0) is 57.6 Å². The van der Waals surface area contributed by atoms with Crippen LogP contribution in [0.3, 0.4) is 0 Å². The third-order valence-electron chi connectivity index (χ3n) is 8.90. The number of anilines is 1. The molecule has 0 radical (unpaired) electrons. The van der Waals surface area contributed by atoms with Gasteiger partial charge in [-0.2, -0.15) is 0 Å². The molecule has 5 atom stereocenters. The summed E-state index contributed by atoms with van der Waals surface area (Å²) in [7, 11) is 0. The van der Waals surface area contributed by atoms with Crippen LogP contribution in [0.5, 0.6) is 0 Å². The summed E-state index contributed by atoms with van der Waals surface area (Å²) in [6, 6.07) is 5.08. The zero-order chi connectivity index (χ0) is 27.9. The number of unbranched alkanes of at least 4 members (excludes halogenated alkanes) is 2. The second kappa shape index (κ2) is 10.5. The van der Waals surface area contributed by atoms with Crippen molar-refractivity contribution in [3.63, 3.8) is 0 Å². The molecule has 0 aromatic heterocycles. The second-order valence-corrected chi connectivity index (χ2v) is 11.6. The Morgan fingerprint density at radius 2 is 1.64 bits per heavy atom. The van der Waals surface area contributed by atoms with Crippen LogP contribution in [0.2, 0.25) is 0 Å². The predicted octanol–water partition coefficient (Wildman–Crippen LogP) is 3.15. The molecular weight excluding hydrogens is 494 g/mol. The summed E-state index contributed by atoms with van der Waals surface area (Å²) >= 11 is 0. The van der Waals surface area contributed by atoms with Gasteiger partial charge < -0.3 is 24.5 Å². The van der Waals surface area contributed by atoms with Crippen molar-refractivity contribution in [2.75, 3.05) is 37.7 Å². The first-order valence-electron chi connectivity index (χ1n) is 14.3. The Hall–Kier alpha value is -2.97. The number of nitrogens with zero attached hydrogens (tertiary/aromatic N) is 3. The molecule has 5 rings (SSSR count). The second-order valence-electron chi connectivity index (χ2n) is 11.6. The van der Waals surface area contributed by atoms with Gasteiger partial charge in [0.25, 0.3) is 5.91 Å². The fourth-order valence-corrected chi connectivity index (χ4v) is 7.29. The lowest BCUT2D eigenvalue weighted by atomic mass is 9.74. The highest BCUT2D eigenvalue weighted by Gasteiger charge is 2.74. The van der Waals surface area contributed by atoms with Crippen molar-refractivity contribution < 1.29 is 24.2 Å². The maximum Gasteiger partial charge on any atom is 0.253 e. The number of hydrogen-bond donors (Lipinski definition) is 1. The molecule has 1 spiro atoms. The van der Waals surface area contributed by atoms with Gasteiger partial charge in [-0.3, -0.25) is 14.4 Å². The summed E-state index contributed by atoms with van der Waals surface area (Å²) < 4.78 is 6.90. The van der Waals surface area contributed by atoms with Crippen LogP contribution in [-0.4, -0.2) is 82.7 Å². The molecule has 4 heterocycles. The molecule has 210 valence electrons. The number of hydrogen-bond acceptors (Lipinski definition) is 5. The molecule has 1 aromatic rings. The van der Waals surface area contributed by atoms with Crippen molar-refractivity contribution in [1.82, 2.24) is 9.80 Å². The summed E-state index contributed by atoms with van der Waals surface area (Å²) in [6.07, 6.45) is 10.6. The van der Waals surface area contributed by atoms with E-state index in [2.05, 4.69) is 0 Å². The van der Waals surface area contributed by atoms with E-state index < -0.39 is 29.1 Å². The normalized spacial score (nSPS) is 31.9. The van der Waals surface area contributed by atoms with Crippen molar-refractivity contribution in [2.24, 2.45) is 11.8 Å². The minimum Gasteiger partial charge on any atom is -0.396 e. The van der Waals surface area contributed by atoms with Crippen LogP contribution in [0.15, 0.2) is 42.5 Å². The number of likely N-dealkylation sites (tertiary alicyclic amines) is 1. The summed E-state index contributed by atoms with van der Waals surface area (Å²) in [5.41, 5.74) is 0.579. The highest BCUT2D eigenvalue weighted by atomic mass is 16.5. The molecule has 0 saturated carbocycles. The zero-order valence-corrected chi connectivity index (χ0v) is 23.6. The Morgan fingerprint density at radius 1 is 0.923 bits per heavy atom. The number of aliphatic hydroxyl groups is 1. The van der Waals surface area contributed by atoms with E-state index in [0.29, 0.717) is 39.0 Å². The van der Waals surface area contributed by atoms with E-state index in [9.17, 15) is 19.5 Å². The first-order chi connectivity index (χ1) is 18.7. The lowest BCUT2D eigenvalue weighted by Crippen LogP contribution is -2.56. The monoisotopic (exact) mass is 535 g/mol. The highest BCUT2D eigenvalue weighted by Crippen LogP contribution is 2.57. The van der Waals surface area contributed by atoms with Gasteiger partial charge in [0, 0.05) is 38.5 Å². The van der Waals surface area contributed by atoms with Crippen molar-refractivity contribution in [2.45, 2.75) is 70.6 Å². The molecule has 39 heavy (non-hydrogen) atoms. The predicted molar refractivity (Wildman–Crippen MR) is 149 cm³/mol. The fraction of sp³-hybridized carbons (Fsp3) is 0.581. The van der Waals surface area contributed by atoms with Gasteiger partial charge in [-0.15, -0.1) is 0 Å². The quantitative estimate of drug-likeness (QED) is 0.408. The number of aliphatic hydroxyl groups excluding tert-OH is 1. The fourth-order valence-electron chi connectivity index (χ4n) is 7.29. The number of fused-ring (bicyclic) bond motifs is 2. The average Bonchev–Trinajstić information content (AvgIpc) is 3.16. The van der Waals surface area contributed by atoms with Crippen molar-refractivity contribution in [1.29, 1.82) is 0 Å². The van der Waals surface area contributed by atoms with Crippen LogP contribution in [0, 0.1) is 25.7 Å². The molecule has 0 bridgehead atoms. The zero-order valence-electron chi connectivity index (χ0n) is 23.6. The Balaban J connectivity index is 1.62. The van der Waals surface area contributed by atoms with E-state index >= 15 is 0 Å².